The molecule has 1 saturated heterocycles. The van der Waals surface area contributed by atoms with Crippen LogP contribution in [0.2, 0.25) is 0 Å². The molecule has 0 bridgehead atoms. The molecule has 116 valence electrons. The molecule has 0 aromatic carbocycles. The minimum atomic E-state index is -0.442. The van der Waals surface area contributed by atoms with E-state index in [2.05, 4.69) is 32.0 Å². The molecule has 6 heteroatoms. The highest BCUT2D eigenvalue weighted by atomic mass is 16.2. The van der Waals surface area contributed by atoms with E-state index in [-0.39, 0.29) is 5.56 Å². The molecule has 0 atom stereocenters. The SMILES string of the molecule is Cc1[nH]c(=O)[nH]c(=O)c1CN1CCC(c2ccncc2)CC1. The summed E-state index contributed by atoms with van der Waals surface area (Å²) >= 11 is 0. The van der Waals surface area contributed by atoms with Gasteiger partial charge in [-0.3, -0.25) is 19.7 Å². The predicted molar refractivity (Wildman–Crippen MR) is 83.9 cm³/mol. The summed E-state index contributed by atoms with van der Waals surface area (Å²) in [7, 11) is 0. The van der Waals surface area contributed by atoms with Gasteiger partial charge in [0.15, 0.2) is 0 Å². The fourth-order valence-corrected chi connectivity index (χ4v) is 3.10. The van der Waals surface area contributed by atoms with Crippen LogP contribution in [0.25, 0.3) is 0 Å². The Kier molecular flexibility index (Phi) is 4.20. The zero-order chi connectivity index (χ0) is 15.5. The number of hydrogen-bond donors (Lipinski definition) is 2. The van der Waals surface area contributed by atoms with Crippen LogP contribution in [0.5, 0.6) is 0 Å². The summed E-state index contributed by atoms with van der Waals surface area (Å²) in [6.45, 7) is 4.26. The second kappa shape index (κ2) is 6.27. The highest BCUT2D eigenvalue weighted by Gasteiger charge is 2.21. The molecule has 3 rings (SSSR count). The summed E-state index contributed by atoms with van der Waals surface area (Å²) in [4.78, 5) is 34.4. The van der Waals surface area contributed by atoms with Gasteiger partial charge in [-0.15, -0.1) is 0 Å². The van der Waals surface area contributed by atoms with Gasteiger partial charge in [-0.05, 0) is 56.5 Å². The molecule has 0 radical (unpaired) electrons. The van der Waals surface area contributed by atoms with Crippen molar-refractivity contribution >= 4 is 0 Å². The molecular weight excluding hydrogens is 280 g/mol. The first-order chi connectivity index (χ1) is 10.6. The number of nitrogens with zero attached hydrogens (tertiary/aromatic N) is 2. The van der Waals surface area contributed by atoms with Crippen molar-refractivity contribution in [3.8, 4) is 0 Å². The Morgan fingerprint density at radius 1 is 1.18 bits per heavy atom. The third kappa shape index (κ3) is 3.17. The van der Waals surface area contributed by atoms with E-state index in [0.29, 0.717) is 23.7 Å². The van der Waals surface area contributed by atoms with E-state index in [0.717, 1.165) is 25.9 Å². The molecule has 6 nitrogen and oxygen atoms in total. The molecule has 0 unspecified atom stereocenters. The molecule has 0 spiro atoms. The summed E-state index contributed by atoms with van der Waals surface area (Å²) < 4.78 is 0. The first-order valence-corrected chi connectivity index (χ1v) is 7.58. The van der Waals surface area contributed by atoms with Crippen LogP contribution in [0.4, 0.5) is 0 Å². The number of H-pyrrole nitrogens is 2. The third-order valence-electron chi connectivity index (χ3n) is 4.40. The molecule has 2 N–H and O–H groups in total. The smallest absolute Gasteiger partial charge is 0.311 e. The van der Waals surface area contributed by atoms with E-state index in [9.17, 15) is 9.59 Å². The molecular formula is C16H20N4O2. The molecule has 3 heterocycles. The minimum absolute atomic E-state index is 0.280. The van der Waals surface area contributed by atoms with E-state index >= 15 is 0 Å². The van der Waals surface area contributed by atoms with Crippen LogP contribution < -0.4 is 11.2 Å². The van der Waals surface area contributed by atoms with Gasteiger partial charge in [0, 0.05) is 24.6 Å². The summed E-state index contributed by atoms with van der Waals surface area (Å²) in [5, 5.41) is 0. The zero-order valence-electron chi connectivity index (χ0n) is 12.6. The standard InChI is InChI=1S/C16H20N4O2/c1-11-14(15(21)19-16(22)18-11)10-20-8-4-13(5-9-20)12-2-6-17-7-3-12/h2-3,6-7,13H,4-5,8-10H2,1H3,(H2,18,19,21,22). The van der Waals surface area contributed by atoms with Crippen molar-refractivity contribution in [3.63, 3.8) is 0 Å². The number of aromatic nitrogens is 3. The van der Waals surface area contributed by atoms with Gasteiger partial charge >= 0.3 is 5.69 Å². The minimum Gasteiger partial charge on any atom is -0.311 e. The Morgan fingerprint density at radius 3 is 2.50 bits per heavy atom. The summed E-state index contributed by atoms with van der Waals surface area (Å²) in [5.41, 5.74) is 1.93. The summed E-state index contributed by atoms with van der Waals surface area (Å²) in [6.07, 6.45) is 5.82. The molecule has 0 saturated carbocycles. The van der Waals surface area contributed by atoms with E-state index in [1.165, 1.54) is 5.56 Å². The number of aryl methyl sites for hydroxylation is 1. The number of piperidine rings is 1. The van der Waals surface area contributed by atoms with E-state index in [1.807, 2.05) is 12.4 Å². The lowest BCUT2D eigenvalue weighted by atomic mass is 9.90. The normalized spacial score (nSPS) is 16.8. The summed E-state index contributed by atoms with van der Waals surface area (Å²) in [6, 6.07) is 4.16. The Hall–Kier alpha value is -2.21. The third-order valence-corrected chi connectivity index (χ3v) is 4.40. The molecule has 22 heavy (non-hydrogen) atoms. The van der Waals surface area contributed by atoms with E-state index in [1.54, 1.807) is 6.92 Å². The Labute approximate surface area is 128 Å². The molecule has 0 amide bonds. The fourth-order valence-electron chi connectivity index (χ4n) is 3.10. The van der Waals surface area contributed by atoms with Crippen molar-refractivity contribution in [3.05, 3.63) is 62.2 Å². The van der Waals surface area contributed by atoms with Gasteiger partial charge in [0.2, 0.25) is 0 Å². The van der Waals surface area contributed by atoms with Crippen LogP contribution in [-0.2, 0) is 6.54 Å². The second-order valence-corrected chi connectivity index (χ2v) is 5.84. The first kappa shape index (κ1) is 14.7. The molecule has 1 aliphatic rings. The predicted octanol–water partition coefficient (Wildman–Crippen LogP) is 1.15. The van der Waals surface area contributed by atoms with Crippen LogP contribution >= 0.6 is 0 Å². The topological polar surface area (TPSA) is 81.8 Å². The zero-order valence-corrected chi connectivity index (χ0v) is 12.6. The van der Waals surface area contributed by atoms with E-state index < -0.39 is 5.69 Å². The number of hydrogen-bond acceptors (Lipinski definition) is 4. The van der Waals surface area contributed by atoms with Crippen molar-refractivity contribution in [2.75, 3.05) is 13.1 Å². The lowest BCUT2D eigenvalue weighted by Gasteiger charge is -2.32. The Balaban J connectivity index is 1.66. The Morgan fingerprint density at radius 2 is 1.86 bits per heavy atom. The van der Waals surface area contributed by atoms with Crippen LogP contribution in [0.15, 0.2) is 34.1 Å². The van der Waals surface area contributed by atoms with Crippen LogP contribution in [0.3, 0.4) is 0 Å². The maximum absolute atomic E-state index is 11.9. The molecule has 2 aromatic heterocycles. The maximum atomic E-state index is 11.9. The highest BCUT2D eigenvalue weighted by Crippen LogP contribution is 2.27. The lowest BCUT2D eigenvalue weighted by Crippen LogP contribution is -2.36. The van der Waals surface area contributed by atoms with Crippen LogP contribution in [0.1, 0.15) is 35.6 Å². The number of rotatable bonds is 3. The molecule has 0 aliphatic carbocycles. The number of nitrogens with one attached hydrogen (secondary N) is 2. The van der Waals surface area contributed by atoms with Gasteiger partial charge in [0.1, 0.15) is 0 Å². The molecule has 2 aromatic rings. The largest absolute Gasteiger partial charge is 0.325 e. The van der Waals surface area contributed by atoms with Crippen molar-refractivity contribution in [1.82, 2.24) is 19.9 Å². The van der Waals surface area contributed by atoms with Crippen LogP contribution in [-0.4, -0.2) is 32.9 Å². The van der Waals surface area contributed by atoms with Crippen LogP contribution in [0, 0.1) is 6.92 Å². The molecule has 1 fully saturated rings. The number of aromatic amines is 2. The average molecular weight is 300 g/mol. The highest BCUT2D eigenvalue weighted by molar-refractivity contribution is 5.17. The lowest BCUT2D eigenvalue weighted by molar-refractivity contribution is 0.203. The van der Waals surface area contributed by atoms with E-state index in [4.69, 9.17) is 0 Å². The Bertz CT molecular complexity index is 743. The van der Waals surface area contributed by atoms with Crippen molar-refractivity contribution in [2.45, 2.75) is 32.2 Å². The monoisotopic (exact) mass is 300 g/mol. The van der Waals surface area contributed by atoms with Gasteiger partial charge in [0.25, 0.3) is 5.56 Å². The van der Waals surface area contributed by atoms with Gasteiger partial charge < -0.3 is 4.98 Å². The van der Waals surface area contributed by atoms with Gasteiger partial charge in [0.05, 0.1) is 5.56 Å². The van der Waals surface area contributed by atoms with Gasteiger partial charge in [-0.1, -0.05) is 0 Å². The van der Waals surface area contributed by atoms with Crippen molar-refractivity contribution in [2.24, 2.45) is 0 Å². The fraction of sp³-hybridized carbons (Fsp3) is 0.438. The van der Waals surface area contributed by atoms with Gasteiger partial charge in [-0.2, -0.15) is 0 Å². The molecule has 1 aliphatic heterocycles. The quantitative estimate of drug-likeness (QED) is 0.891. The number of likely N-dealkylation sites (tertiary alicyclic amines) is 1. The number of pyridine rings is 1. The summed E-state index contributed by atoms with van der Waals surface area (Å²) in [5.74, 6) is 0.564. The van der Waals surface area contributed by atoms with Crippen molar-refractivity contribution in [1.29, 1.82) is 0 Å². The first-order valence-electron chi connectivity index (χ1n) is 7.58. The maximum Gasteiger partial charge on any atom is 0.325 e. The second-order valence-electron chi connectivity index (χ2n) is 5.84. The van der Waals surface area contributed by atoms with Crippen molar-refractivity contribution < 1.29 is 0 Å². The van der Waals surface area contributed by atoms with Gasteiger partial charge in [-0.25, -0.2) is 4.79 Å². The average Bonchev–Trinajstić information content (AvgIpc) is 2.52.